The van der Waals surface area contributed by atoms with Crippen LogP contribution in [0.1, 0.15) is 35.3 Å². The first-order valence-electron chi connectivity index (χ1n) is 10.9. The van der Waals surface area contributed by atoms with Crippen LogP contribution >= 0.6 is 0 Å². The molecule has 0 atom stereocenters. The maximum Gasteiger partial charge on any atom is 0.356 e. The van der Waals surface area contributed by atoms with Gasteiger partial charge in [0.05, 0.1) is 18.0 Å². The fraction of sp³-hybridized carbons (Fsp3) is 0.120. The number of aromatic nitrogens is 1. The normalized spacial score (nSPS) is 13.4. The molecule has 36 heavy (non-hydrogen) atoms. The van der Waals surface area contributed by atoms with E-state index in [2.05, 4.69) is 31.5 Å². The van der Waals surface area contributed by atoms with Crippen LogP contribution in [0.2, 0.25) is 0 Å². The molecule has 0 saturated carbocycles. The van der Waals surface area contributed by atoms with Gasteiger partial charge in [-0.1, -0.05) is 30.3 Å². The van der Waals surface area contributed by atoms with Crippen LogP contribution in [0.4, 0.5) is 9.59 Å². The predicted octanol–water partition coefficient (Wildman–Crippen LogP) is 3.44. The van der Waals surface area contributed by atoms with E-state index in [9.17, 15) is 14.4 Å². The number of ether oxygens (including phenoxy) is 1. The Bertz CT molecular complexity index is 1320. The number of hydrogen-bond acceptors (Lipinski definition) is 7. The lowest BCUT2D eigenvalue weighted by molar-refractivity contribution is 0.103. The van der Waals surface area contributed by atoms with Gasteiger partial charge in [0.2, 0.25) is 5.88 Å². The Balaban J connectivity index is 1.31. The molecule has 3 N–H and O–H groups in total. The number of hydrogen-bond donors (Lipinski definition) is 3. The van der Waals surface area contributed by atoms with Crippen LogP contribution in [0, 0.1) is 0 Å². The molecule has 0 saturated heterocycles. The van der Waals surface area contributed by atoms with Crippen molar-refractivity contribution in [1.82, 2.24) is 26.3 Å². The van der Waals surface area contributed by atoms with Crippen LogP contribution in [0.25, 0.3) is 0 Å². The Kier molecular flexibility index (Phi) is 7.30. The van der Waals surface area contributed by atoms with E-state index in [1.807, 2.05) is 18.2 Å². The average molecular weight is 486 g/mol. The molecule has 182 valence electrons. The van der Waals surface area contributed by atoms with E-state index in [-0.39, 0.29) is 12.3 Å². The third-order valence-electron chi connectivity index (χ3n) is 5.07. The zero-order valence-corrected chi connectivity index (χ0v) is 19.6. The lowest BCUT2D eigenvalue weighted by atomic mass is 10.0. The molecule has 0 fully saturated rings. The minimum Gasteiger partial charge on any atom is -0.439 e. The van der Waals surface area contributed by atoms with Crippen molar-refractivity contribution in [1.29, 1.82) is 0 Å². The summed E-state index contributed by atoms with van der Waals surface area (Å²) in [6, 6.07) is 18.0. The highest BCUT2D eigenvalue weighted by Gasteiger charge is 2.20. The molecule has 0 bridgehead atoms. The molecule has 1 aromatic heterocycles. The van der Waals surface area contributed by atoms with E-state index in [4.69, 9.17) is 4.74 Å². The van der Waals surface area contributed by atoms with E-state index in [0.717, 1.165) is 5.01 Å². The number of nitrogens with one attached hydrogen (secondary N) is 3. The summed E-state index contributed by atoms with van der Waals surface area (Å²) < 4.78 is 5.76. The fourth-order valence-corrected chi connectivity index (χ4v) is 3.18. The third kappa shape index (κ3) is 6.08. The minimum atomic E-state index is -0.679. The molecule has 4 rings (SSSR count). The van der Waals surface area contributed by atoms with Gasteiger partial charge < -0.3 is 4.74 Å². The van der Waals surface area contributed by atoms with Crippen molar-refractivity contribution in [2.24, 2.45) is 10.2 Å². The van der Waals surface area contributed by atoms with Gasteiger partial charge >= 0.3 is 12.1 Å². The number of carbonyl (C=O) groups is 3. The van der Waals surface area contributed by atoms with Crippen molar-refractivity contribution in [2.75, 3.05) is 6.54 Å². The van der Waals surface area contributed by atoms with E-state index in [0.29, 0.717) is 39.7 Å². The summed E-state index contributed by atoms with van der Waals surface area (Å²) in [7, 11) is 0. The van der Waals surface area contributed by atoms with Crippen molar-refractivity contribution < 1.29 is 19.1 Å². The number of carbonyl (C=O) groups excluding carboxylic acids is 3. The standard InChI is InChI=1S/C25H23N7O4/c1-16-15-32(25(35)30-27-16)31-24(34)29-28-17(2)20-10-13-22(26-14-20)36-21-11-8-19(9-12-21)23(33)18-6-4-3-5-7-18/h3-14H,15H2,1-2H3,(H,30,35)(H2,29,31,34)/b28-17+. The summed E-state index contributed by atoms with van der Waals surface area (Å²) in [5.41, 5.74) is 9.97. The molecule has 11 heteroatoms. The summed E-state index contributed by atoms with van der Waals surface area (Å²) >= 11 is 0. The SMILES string of the molecule is CC1=NNC(=O)N(NC(=O)N/N=C(\C)c2ccc(Oc3ccc(C(=O)c4ccccc4)cc3)nc2)C1. The fourth-order valence-electron chi connectivity index (χ4n) is 3.18. The van der Waals surface area contributed by atoms with Crippen molar-refractivity contribution in [3.8, 4) is 11.6 Å². The van der Waals surface area contributed by atoms with E-state index in [1.54, 1.807) is 68.6 Å². The van der Waals surface area contributed by atoms with E-state index in [1.165, 1.54) is 0 Å². The van der Waals surface area contributed by atoms with Gasteiger partial charge in [-0.25, -0.2) is 35.9 Å². The van der Waals surface area contributed by atoms with Gasteiger partial charge in [-0.05, 0) is 44.2 Å². The number of hydrazine groups is 1. The van der Waals surface area contributed by atoms with Crippen LogP contribution in [0.15, 0.2) is 83.1 Å². The van der Waals surface area contributed by atoms with Gasteiger partial charge in [-0.3, -0.25) is 4.79 Å². The van der Waals surface area contributed by atoms with Gasteiger partial charge in [0.15, 0.2) is 5.78 Å². The van der Waals surface area contributed by atoms with Crippen molar-refractivity contribution in [3.63, 3.8) is 0 Å². The average Bonchev–Trinajstić information content (AvgIpc) is 2.90. The zero-order valence-electron chi connectivity index (χ0n) is 19.6. The predicted molar refractivity (Wildman–Crippen MR) is 133 cm³/mol. The number of pyridine rings is 1. The third-order valence-corrected chi connectivity index (χ3v) is 5.07. The molecule has 1 aliphatic heterocycles. The Labute approximate surface area is 206 Å². The van der Waals surface area contributed by atoms with Crippen LogP contribution in [-0.2, 0) is 0 Å². The molecule has 2 aromatic carbocycles. The minimum absolute atomic E-state index is 0.0650. The lowest BCUT2D eigenvalue weighted by Gasteiger charge is -2.25. The molecule has 0 radical (unpaired) electrons. The van der Waals surface area contributed by atoms with Gasteiger partial charge in [-0.15, -0.1) is 0 Å². The van der Waals surface area contributed by atoms with Crippen LogP contribution in [0.3, 0.4) is 0 Å². The molecular weight excluding hydrogens is 462 g/mol. The summed E-state index contributed by atoms with van der Waals surface area (Å²) in [5, 5.41) is 8.89. The molecule has 0 aliphatic carbocycles. The first kappa shape index (κ1) is 24.1. The number of benzene rings is 2. The smallest absolute Gasteiger partial charge is 0.356 e. The molecular formula is C25H23N7O4. The topological polar surface area (TPSA) is 137 Å². The molecule has 11 nitrogen and oxygen atoms in total. The second kappa shape index (κ2) is 10.9. The maximum atomic E-state index is 12.5. The Morgan fingerprint density at radius 3 is 2.39 bits per heavy atom. The van der Waals surface area contributed by atoms with E-state index < -0.39 is 12.1 Å². The molecule has 1 aliphatic rings. The van der Waals surface area contributed by atoms with Crippen LogP contribution in [-0.4, -0.2) is 45.8 Å². The molecule has 4 amide bonds. The summed E-state index contributed by atoms with van der Waals surface area (Å²) in [6.45, 7) is 3.58. The van der Waals surface area contributed by atoms with Gasteiger partial charge in [0, 0.05) is 29.0 Å². The second-order valence-corrected chi connectivity index (χ2v) is 7.81. The number of nitrogens with zero attached hydrogens (tertiary/aromatic N) is 4. The van der Waals surface area contributed by atoms with Gasteiger partial charge in [0.25, 0.3) is 0 Å². The Morgan fingerprint density at radius 1 is 1.00 bits per heavy atom. The van der Waals surface area contributed by atoms with Gasteiger partial charge in [-0.2, -0.15) is 10.2 Å². The molecule has 0 unspecified atom stereocenters. The second-order valence-electron chi connectivity index (χ2n) is 7.81. The Hall–Kier alpha value is -5.06. The molecule has 3 aromatic rings. The monoisotopic (exact) mass is 485 g/mol. The number of hydrazone groups is 2. The van der Waals surface area contributed by atoms with Crippen LogP contribution < -0.4 is 21.0 Å². The van der Waals surface area contributed by atoms with E-state index >= 15 is 0 Å². The van der Waals surface area contributed by atoms with Crippen LogP contribution in [0.5, 0.6) is 11.6 Å². The summed E-state index contributed by atoms with van der Waals surface area (Å²) in [6.07, 6.45) is 1.55. The zero-order chi connectivity index (χ0) is 25.5. The highest BCUT2D eigenvalue weighted by Crippen LogP contribution is 2.21. The number of amides is 4. The first-order valence-corrected chi connectivity index (χ1v) is 10.9. The van der Waals surface area contributed by atoms with Crippen molar-refractivity contribution in [2.45, 2.75) is 13.8 Å². The first-order chi connectivity index (χ1) is 17.4. The number of rotatable bonds is 7. The Morgan fingerprint density at radius 2 is 1.69 bits per heavy atom. The number of urea groups is 2. The highest BCUT2D eigenvalue weighted by atomic mass is 16.5. The quantitative estimate of drug-likeness (QED) is 0.267. The molecule has 0 spiro atoms. The number of ketones is 1. The van der Waals surface area contributed by atoms with Crippen molar-refractivity contribution >= 4 is 29.3 Å². The molecule has 2 heterocycles. The maximum absolute atomic E-state index is 12.5. The summed E-state index contributed by atoms with van der Waals surface area (Å²) in [5.74, 6) is 0.822. The lowest BCUT2D eigenvalue weighted by Crippen LogP contribution is -2.56. The highest BCUT2D eigenvalue weighted by molar-refractivity contribution is 6.09. The van der Waals surface area contributed by atoms with Crippen molar-refractivity contribution in [3.05, 3.63) is 89.6 Å². The van der Waals surface area contributed by atoms with Gasteiger partial charge in [0.1, 0.15) is 5.75 Å². The largest absolute Gasteiger partial charge is 0.439 e. The summed E-state index contributed by atoms with van der Waals surface area (Å²) in [4.78, 5) is 40.5.